The molecule has 0 fully saturated rings. The van der Waals surface area contributed by atoms with Gasteiger partial charge in [-0.3, -0.25) is 13.9 Å². The van der Waals surface area contributed by atoms with Crippen LogP contribution in [0.3, 0.4) is 0 Å². The first-order valence-electron chi connectivity index (χ1n) is 15.7. The van der Waals surface area contributed by atoms with Crippen molar-refractivity contribution in [3.05, 3.63) is 119 Å². The highest BCUT2D eigenvalue weighted by molar-refractivity contribution is 7.92. The lowest BCUT2D eigenvalue weighted by atomic mass is 10.0. The van der Waals surface area contributed by atoms with Crippen LogP contribution in [0.15, 0.2) is 102 Å². The van der Waals surface area contributed by atoms with Gasteiger partial charge in [-0.05, 0) is 67.8 Å². The zero-order valence-electron chi connectivity index (χ0n) is 27.9. The van der Waals surface area contributed by atoms with E-state index in [1.165, 1.54) is 49.5 Å². The molecule has 11 heteroatoms. The van der Waals surface area contributed by atoms with Crippen LogP contribution in [0.1, 0.15) is 37.0 Å². The van der Waals surface area contributed by atoms with Crippen molar-refractivity contribution >= 4 is 39.1 Å². The second-order valence-corrected chi connectivity index (χ2v) is 13.8. The summed E-state index contributed by atoms with van der Waals surface area (Å²) < 4.78 is 40.5. The van der Waals surface area contributed by atoms with E-state index in [1.54, 1.807) is 12.1 Å². The van der Waals surface area contributed by atoms with E-state index >= 15 is 0 Å². The molecule has 0 radical (unpaired) electrons. The van der Waals surface area contributed by atoms with E-state index in [-0.39, 0.29) is 41.2 Å². The SMILES string of the molecule is CC[C@@H](C)NC(=O)[C@@H](Cc1ccccc1)N(Cc1cccc(C)c1)C(=O)CN(c1ccc(Cl)cc1)S(=O)(=O)c1ccc(OC)c(OC)c1. The Morgan fingerprint density at radius 3 is 2.15 bits per heavy atom. The van der Waals surface area contributed by atoms with Crippen molar-refractivity contribution in [1.82, 2.24) is 10.2 Å². The summed E-state index contributed by atoms with van der Waals surface area (Å²) >= 11 is 6.17. The number of hydrogen-bond acceptors (Lipinski definition) is 6. The van der Waals surface area contributed by atoms with Gasteiger partial charge in [-0.1, -0.05) is 78.7 Å². The number of halogens is 1. The van der Waals surface area contributed by atoms with Crippen LogP contribution < -0.4 is 19.1 Å². The van der Waals surface area contributed by atoms with Crippen LogP contribution in [0.25, 0.3) is 0 Å². The number of ether oxygens (including phenoxy) is 2. The molecular formula is C37H42ClN3O6S. The molecule has 9 nitrogen and oxygen atoms in total. The summed E-state index contributed by atoms with van der Waals surface area (Å²) in [5.74, 6) is -0.316. The number of carbonyl (C=O) groups excluding carboxylic acids is 2. The molecule has 0 saturated carbocycles. The van der Waals surface area contributed by atoms with Crippen molar-refractivity contribution in [2.75, 3.05) is 25.1 Å². The van der Waals surface area contributed by atoms with Crippen molar-refractivity contribution < 1.29 is 27.5 Å². The van der Waals surface area contributed by atoms with Crippen molar-refractivity contribution in [3.63, 3.8) is 0 Å². The third kappa shape index (κ3) is 9.08. The first kappa shape index (κ1) is 36.3. The molecule has 48 heavy (non-hydrogen) atoms. The maximum Gasteiger partial charge on any atom is 0.264 e. The highest BCUT2D eigenvalue weighted by atomic mass is 35.5. The first-order chi connectivity index (χ1) is 23.0. The van der Waals surface area contributed by atoms with Gasteiger partial charge < -0.3 is 19.7 Å². The highest BCUT2D eigenvalue weighted by Gasteiger charge is 2.35. The molecule has 0 aliphatic carbocycles. The first-order valence-corrected chi connectivity index (χ1v) is 17.5. The second-order valence-electron chi connectivity index (χ2n) is 11.5. The number of methoxy groups -OCH3 is 2. The largest absolute Gasteiger partial charge is 0.493 e. The van der Waals surface area contributed by atoms with E-state index in [0.29, 0.717) is 17.2 Å². The Morgan fingerprint density at radius 2 is 1.52 bits per heavy atom. The summed E-state index contributed by atoms with van der Waals surface area (Å²) in [6.07, 6.45) is 0.924. The number of anilines is 1. The Bertz CT molecular complexity index is 1800. The Kier molecular flexibility index (Phi) is 12.5. The van der Waals surface area contributed by atoms with E-state index in [2.05, 4.69) is 5.32 Å². The molecule has 0 unspecified atom stereocenters. The van der Waals surface area contributed by atoms with Crippen molar-refractivity contribution in [3.8, 4) is 11.5 Å². The normalized spacial score (nSPS) is 12.5. The van der Waals surface area contributed by atoms with Crippen molar-refractivity contribution in [1.29, 1.82) is 0 Å². The average molecular weight is 692 g/mol. The van der Waals surface area contributed by atoms with Gasteiger partial charge in [0.05, 0.1) is 24.8 Å². The maximum absolute atomic E-state index is 14.6. The Balaban J connectivity index is 1.83. The van der Waals surface area contributed by atoms with Gasteiger partial charge in [0.1, 0.15) is 12.6 Å². The molecule has 0 heterocycles. The quantitative estimate of drug-likeness (QED) is 0.154. The molecule has 4 aromatic rings. The Labute approximate surface area is 288 Å². The summed E-state index contributed by atoms with van der Waals surface area (Å²) in [5.41, 5.74) is 2.87. The number of benzene rings is 4. The highest BCUT2D eigenvalue weighted by Crippen LogP contribution is 2.33. The topological polar surface area (TPSA) is 105 Å². The molecule has 4 rings (SSSR count). The number of nitrogens with one attached hydrogen (secondary N) is 1. The van der Waals surface area contributed by atoms with Crippen molar-refractivity contribution in [2.45, 2.75) is 57.1 Å². The maximum atomic E-state index is 14.6. The van der Waals surface area contributed by atoms with Crippen LogP contribution in [0.2, 0.25) is 5.02 Å². The van der Waals surface area contributed by atoms with Gasteiger partial charge in [-0.2, -0.15) is 0 Å². The van der Waals surface area contributed by atoms with Crippen LogP contribution in [0.4, 0.5) is 5.69 Å². The van der Waals surface area contributed by atoms with Gasteiger partial charge >= 0.3 is 0 Å². The third-order valence-corrected chi connectivity index (χ3v) is 10.1. The molecule has 2 atom stereocenters. The van der Waals surface area contributed by atoms with Crippen LogP contribution in [0.5, 0.6) is 11.5 Å². The van der Waals surface area contributed by atoms with Gasteiger partial charge in [0.25, 0.3) is 10.0 Å². The van der Waals surface area contributed by atoms with E-state index in [1.807, 2.05) is 75.4 Å². The number of nitrogens with zero attached hydrogens (tertiary/aromatic N) is 2. The molecule has 254 valence electrons. The minimum absolute atomic E-state index is 0.0802. The molecule has 0 aromatic heterocycles. The van der Waals surface area contributed by atoms with E-state index in [9.17, 15) is 18.0 Å². The predicted octanol–water partition coefficient (Wildman–Crippen LogP) is 6.42. The second kappa shape index (κ2) is 16.5. The van der Waals surface area contributed by atoms with Crippen LogP contribution in [-0.2, 0) is 32.6 Å². The fraction of sp³-hybridized carbons (Fsp3) is 0.297. The van der Waals surface area contributed by atoms with Gasteiger partial charge in [0.15, 0.2) is 11.5 Å². The van der Waals surface area contributed by atoms with E-state index in [0.717, 1.165) is 21.0 Å². The molecule has 0 saturated heterocycles. The number of rotatable bonds is 15. The molecule has 0 spiro atoms. The fourth-order valence-corrected chi connectivity index (χ4v) is 6.80. The summed E-state index contributed by atoms with van der Waals surface area (Å²) in [6, 6.07) is 26.5. The monoisotopic (exact) mass is 691 g/mol. The number of carbonyl (C=O) groups is 2. The zero-order valence-corrected chi connectivity index (χ0v) is 29.4. The molecule has 0 aliphatic rings. The standard InChI is InChI=1S/C37H42ClN3O6S/c1-6-27(3)39-37(43)33(22-28-12-8-7-9-13-28)40(24-29-14-10-11-26(2)21-29)36(42)25-41(31-17-15-30(38)16-18-31)48(44,45)32-19-20-34(46-4)35(23-32)47-5/h7-21,23,27,33H,6,22,24-25H2,1-5H3,(H,39,43)/t27-,33-/m1/s1. The van der Waals surface area contributed by atoms with Gasteiger partial charge in [-0.25, -0.2) is 8.42 Å². The molecular weight excluding hydrogens is 650 g/mol. The molecule has 2 amide bonds. The summed E-state index contributed by atoms with van der Waals surface area (Å²) in [6.45, 7) is 5.31. The van der Waals surface area contributed by atoms with E-state index < -0.39 is 28.5 Å². The lowest BCUT2D eigenvalue weighted by Crippen LogP contribution is -2.54. The molecule has 1 N–H and O–H groups in total. The summed E-state index contributed by atoms with van der Waals surface area (Å²) in [7, 11) is -1.49. The number of hydrogen-bond donors (Lipinski definition) is 1. The minimum atomic E-state index is -4.35. The lowest BCUT2D eigenvalue weighted by molar-refractivity contribution is -0.140. The zero-order chi connectivity index (χ0) is 34.8. The fourth-order valence-electron chi connectivity index (χ4n) is 5.24. The summed E-state index contributed by atoms with van der Waals surface area (Å²) in [4.78, 5) is 30.0. The minimum Gasteiger partial charge on any atom is -0.493 e. The molecule has 0 bridgehead atoms. The molecule has 0 aliphatic heterocycles. The van der Waals surface area contributed by atoms with Crippen LogP contribution >= 0.6 is 11.6 Å². The van der Waals surface area contributed by atoms with Gasteiger partial charge in [-0.15, -0.1) is 0 Å². The Hall–Kier alpha value is -4.54. The van der Waals surface area contributed by atoms with Gasteiger partial charge in [0, 0.05) is 30.1 Å². The summed E-state index contributed by atoms with van der Waals surface area (Å²) in [5, 5.41) is 3.45. The lowest BCUT2D eigenvalue weighted by Gasteiger charge is -2.34. The third-order valence-electron chi connectivity index (χ3n) is 8.04. The number of sulfonamides is 1. The van der Waals surface area contributed by atoms with Crippen LogP contribution in [-0.4, -0.2) is 58.0 Å². The average Bonchev–Trinajstić information content (AvgIpc) is 3.09. The van der Waals surface area contributed by atoms with Crippen LogP contribution in [0, 0.1) is 6.92 Å². The van der Waals surface area contributed by atoms with E-state index in [4.69, 9.17) is 21.1 Å². The number of aryl methyl sites for hydroxylation is 1. The predicted molar refractivity (Wildman–Crippen MR) is 189 cm³/mol. The Morgan fingerprint density at radius 1 is 0.854 bits per heavy atom. The number of amides is 2. The van der Waals surface area contributed by atoms with Gasteiger partial charge in [0.2, 0.25) is 11.8 Å². The molecule has 4 aromatic carbocycles. The smallest absolute Gasteiger partial charge is 0.264 e. The van der Waals surface area contributed by atoms with Crippen molar-refractivity contribution in [2.24, 2.45) is 0 Å².